The number of ketones is 1. The Hall–Kier alpha value is -17.1. The fraction of sp³-hybridized carbons (Fsp3) is 0.187. The molecule has 0 spiro atoms. The van der Waals surface area contributed by atoms with Gasteiger partial charge < -0.3 is 25.4 Å². The standard InChI is InChI=1S/C32H31N3O3.C31H29N3O3.C22H15FN6O2.C14H7ClFN3O.C8H9N3O/c1-23-27(22-34(29(23)36)30(37)38-31(2,3)4)28-20-21-35(33-28)32(24-14-8-5-9-15-24,25-16-10-6-11-17-25)26-18-12-7-13-19-26;1-30(2,3)37-29(36)33-22-23(21-28(33)35)27-19-20-34(32-27)31(24-13-7-4-8-14-24,25-15-9-5-10-16-25)26-17-11-6-12-18-26;1-12-18(30)5-7-28(12)19-6-8-29(27-19)17-9-15(26-16-11-25-22(31)21(16)17)20-13(10-24)3-2-4-14(20)23;15-8-4-10(19-11-6-18-14(20)13(8)11)12-7(5-17)2-1-3-9(12)16;1-5-6(4-9-8(5)12)7-2-3-10-11-7/h5-21H,22H2,1-4H3;4-21H,22H2,1-3H3;2-4,6,8-9H,5,7,11H2,1H3;1-4H,6H2,(H,18,20);2-3H,4H2,1H3,(H,9,12)(H,10,11)/p+1. The number of halogens is 3. The van der Waals surface area contributed by atoms with Crippen LogP contribution in [0.1, 0.15) is 162 Å². The Kier molecular flexibility index (Phi) is 27.0. The third kappa shape index (κ3) is 19.0. The van der Waals surface area contributed by atoms with Crippen LogP contribution in [0.3, 0.4) is 0 Å². The van der Waals surface area contributed by atoms with E-state index in [1.807, 2.05) is 173 Å². The molecule has 6 aromatic heterocycles. The van der Waals surface area contributed by atoms with Crippen molar-refractivity contribution in [2.45, 2.75) is 104 Å². The van der Waals surface area contributed by atoms with Gasteiger partial charge in [-0.2, -0.15) is 25.8 Å². The van der Waals surface area contributed by atoms with Gasteiger partial charge in [0.15, 0.2) is 0 Å². The van der Waals surface area contributed by atoms with Crippen molar-refractivity contribution in [3.8, 4) is 40.3 Å². The van der Waals surface area contributed by atoms with Crippen molar-refractivity contribution in [3.05, 3.63) is 398 Å². The SMILES string of the molecule is CC(C)(C)OC(=O)N1CC(c2ccn(C(c3ccccc3)(c3ccccc3)c3ccccc3)n2)=CC1=O.CC1=C(c2ccn(C(c3ccccc3)(c3ccccc3)c3ccccc3)n2)CN(C(=O)OC(C)(C)C)C1=O.CC1=C(c2ccn[nH]2)CNC1=O.CC1=[N+](c2ccn(-c3cc(-c4c(F)cccc4C#N)nc4c3C(=O)NC4)n2)CCC1=O.N#Cc1cccc(F)c1-c1cc(Cl)c2c(n1)CNC2=O. The molecule has 0 saturated heterocycles. The first-order valence-corrected chi connectivity index (χ1v) is 44.6. The molecule has 12 heterocycles. The van der Waals surface area contributed by atoms with Gasteiger partial charge in [-0.1, -0.05) is 206 Å². The van der Waals surface area contributed by atoms with E-state index in [0.717, 1.165) is 60.0 Å². The number of rotatable bonds is 15. The van der Waals surface area contributed by atoms with Gasteiger partial charge in [0.1, 0.15) is 45.3 Å². The molecule has 31 heteroatoms. The normalized spacial score (nSPS) is 14.4. The van der Waals surface area contributed by atoms with Crippen molar-refractivity contribution in [2.24, 2.45) is 0 Å². The molecule has 6 aliphatic rings. The molecule has 690 valence electrons. The van der Waals surface area contributed by atoms with E-state index >= 15 is 0 Å². The number of nitrogens with one attached hydrogen (secondary N) is 4. The van der Waals surface area contributed by atoms with Crippen LogP contribution in [0.2, 0.25) is 5.02 Å². The first-order valence-electron chi connectivity index (χ1n) is 44.2. The van der Waals surface area contributed by atoms with E-state index in [1.165, 1.54) is 53.2 Å². The number of benzene rings is 8. The molecule has 0 radical (unpaired) electrons. The van der Waals surface area contributed by atoms with Crippen molar-refractivity contribution in [1.29, 1.82) is 10.5 Å². The van der Waals surface area contributed by atoms with E-state index in [0.29, 0.717) is 87.3 Å². The highest BCUT2D eigenvalue weighted by Gasteiger charge is 2.44. The van der Waals surface area contributed by atoms with Crippen LogP contribution in [0.15, 0.2) is 297 Å². The lowest BCUT2D eigenvalue weighted by Crippen LogP contribution is -2.38. The van der Waals surface area contributed by atoms with Gasteiger partial charge in [-0.15, -0.1) is 4.68 Å². The number of nitrogens with zero attached hydrogens (tertiary/aromatic N) is 14. The van der Waals surface area contributed by atoms with E-state index in [9.17, 15) is 52.4 Å². The Bertz CT molecular complexity index is 7140. The van der Waals surface area contributed by atoms with E-state index < -0.39 is 52.0 Å². The highest BCUT2D eigenvalue weighted by Crippen LogP contribution is 2.45. The lowest BCUT2D eigenvalue weighted by Gasteiger charge is -2.36. The largest absolute Gasteiger partial charge is 0.443 e. The molecule has 28 nitrogen and oxygen atoms in total. The number of ether oxygens (including phenoxy) is 2. The minimum absolute atomic E-state index is 0.0135. The summed E-state index contributed by atoms with van der Waals surface area (Å²) in [7, 11) is 0. The number of Topliss-reactive ketones (excluding diaryl/α,β-unsaturated/α-hetero) is 1. The number of hydrogen-bond donors (Lipinski definition) is 4. The van der Waals surface area contributed by atoms with E-state index in [4.69, 9.17) is 36.5 Å². The van der Waals surface area contributed by atoms with E-state index in [-0.39, 0.29) is 94.3 Å². The molecule has 0 bridgehead atoms. The maximum absolute atomic E-state index is 14.6. The van der Waals surface area contributed by atoms with Crippen LogP contribution in [0, 0.1) is 34.3 Å². The molecule has 0 aliphatic carbocycles. The summed E-state index contributed by atoms with van der Waals surface area (Å²) in [6.45, 7) is 17.8. The molecule has 4 N–H and O–H groups in total. The van der Waals surface area contributed by atoms with Gasteiger partial charge in [0.05, 0.1) is 147 Å². The maximum Gasteiger partial charge on any atom is 0.417 e. The quantitative estimate of drug-likeness (QED) is 0.0547. The van der Waals surface area contributed by atoms with Gasteiger partial charge in [-0.05, 0) is 143 Å². The van der Waals surface area contributed by atoms with Gasteiger partial charge >= 0.3 is 18.0 Å². The maximum atomic E-state index is 14.6. The topological polar surface area (TPSA) is 356 Å². The molecule has 14 aromatic rings. The van der Waals surface area contributed by atoms with Crippen LogP contribution in [0.25, 0.3) is 44.9 Å². The molecule has 0 saturated carbocycles. The summed E-state index contributed by atoms with van der Waals surface area (Å²) in [6, 6.07) is 84.3. The van der Waals surface area contributed by atoms with Crippen LogP contribution >= 0.6 is 11.6 Å². The Labute approximate surface area is 797 Å². The van der Waals surface area contributed by atoms with Crippen molar-refractivity contribution < 1.29 is 61.2 Å². The zero-order valence-corrected chi connectivity index (χ0v) is 77.3. The van der Waals surface area contributed by atoms with Crippen LogP contribution in [-0.4, -0.2) is 154 Å². The molecule has 0 fully saturated rings. The molecule has 0 atom stereocenters. The fourth-order valence-electron chi connectivity index (χ4n) is 17.3. The Morgan fingerprint density at radius 2 is 0.920 bits per heavy atom. The number of carbonyl (C=O) groups is 8. The smallest absolute Gasteiger partial charge is 0.417 e. The monoisotopic (exact) mass is 1860 g/mol. The molecule has 138 heavy (non-hydrogen) atoms. The number of carbonyl (C=O) groups excluding carboxylic acids is 8. The van der Waals surface area contributed by atoms with E-state index in [1.54, 1.807) is 79.9 Å². The van der Waals surface area contributed by atoms with Gasteiger partial charge in [0.25, 0.3) is 23.6 Å². The average molecular weight is 1860 g/mol. The lowest BCUT2D eigenvalue weighted by atomic mass is 9.77. The van der Waals surface area contributed by atoms with Gasteiger partial charge in [-0.3, -0.25) is 43.2 Å². The predicted molar refractivity (Wildman–Crippen MR) is 513 cm³/mol. The number of H-pyrrole nitrogens is 1. The number of imide groups is 2. The zero-order chi connectivity index (χ0) is 97.5. The lowest BCUT2D eigenvalue weighted by molar-refractivity contribution is -0.436. The summed E-state index contributed by atoms with van der Waals surface area (Å²) < 4.78 is 46.7. The van der Waals surface area contributed by atoms with Crippen molar-refractivity contribution >= 4 is 87.4 Å². The second kappa shape index (κ2) is 39.6. The summed E-state index contributed by atoms with van der Waals surface area (Å²) in [5.41, 5.74) is 12.9. The molecule has 6 aliphatic heterocycles. The van der Waals surface area contributed by atoms with Crippen LogP contribution in [0.4, 0.5) is 24.2 Å². The predicted octanol–water partition coefficient (Wildman–Crippen LogP) is 17.4. The van der Waals surface area contributed by atoms with Crippen LogP contribution in [-0.2, 0) is 52.8 Å². The number of pyridine rings is 2. The number of amides is 7. The number of aromatic nitrogens is 10. The zero-order valence-electron chi connectivity index (χ0n) is 76.6. The average Bonchev–Trinajstić information content (AvgIpc) is 1.47. The molecular weight excluding hydrogens is 1770 g/mol. The molecule has 7 amide bonds. The number of fused-ring (bicyclic) bond motifs is 2. The summed E-state index contributed by atoms with van der Waals surface area (Å²) in [5, 5.41) is 48.1. The fourth-order valence-corrected chi connectivity index (χ4v) is 17.6. The van der Waals surface area contributed by atoms with Crippen molar-refractivity contribution in [3.63, 3.8) is 0 Å². The number of aromatic amines is 1. The van der Waals surface area contributed by atoms with E-state index in [2.05, 4.69) is 114 Å². The second-order valence-corrected chi connectivity index (χ2v) is 35.2. The number of nitriles is 2. The summed E-state index contributed by atoms with van der Waals surface area (Å²) in [4.78, 5) is 109. The van der Waals surface area contributed by atoms with Gasteiger partial charge in [0.2, 0.25) is 11.7 Å². The molecule has 8 aromatic carbocycles. The Morgan fingerprint density at radius 1 is 0.471 bits per heavy atom. The third-order valence-electron chi connectivity index (χ3n) is 23.8. The van der Waals surface area contributed by atoms with Gasteiger partial charge in [-0.25, -0.2) is 42.7 Å². The highest BCUT2D eigenvalue weighted by atomic mass is 35.5. The molecule has 0 unspecified atom stereocenters. The van der Waals surface area contributed by atoms with Crippen LogP contribution < -0.4 is 16.0 Å². The third-order valence-corrected chi connectivity index (χ3v) is 24.1. The van der Waals surface area contributed by atoms with Crippen LogP contribution in [0.5, 0.6) is 0 Å². The Morgan fingerprint density at radius 3 is 1.36 bits per heavy atom. The second-order valence-electron chi connectivity index (χ2n) is 34.8. The molecule has 20 rings (SSSR count). The minimum atomic E-state index is -0.760. The first kappa shape index (κ1) is 94.1. The summed E-state index contributed by atoms with van der Waals surface area (Å²) in [6.07, 6.45) is 7.83. The Balaban J connectivity index is 0.000000130. The number of hydrogen-bond acceptors (Lipinski definition) is 18. The van der Waals surface area contributed by atoms with Gasteiger partial charge in [0, 0.05) is 66.0 Å². The highest BCUT2D eigenvalue weighted by molar-refractivity contribution is 6.38. The summed E-state index contributed by atoms with van der Waals surface area (Å²) in [5.74, 6) is -1.81. The first-order chi connectivity index (χ1) is 66.4. The minimum Gasteiger partial charge on any atom is -0.443 e. The summed E-state index contributed by atoms with van der Waals surface area (Å²) >= 11 is 6.06. The molecular formula is C107H92ClF2N18O10+. The van der Waals surface area contributed by atoms with Crippen molar-refractivity contribution in [1.82, 2.24) is 75.3 Å². The van der Waals surface area contributed by atoms with Crippen molar-refractivity contribution in [2.75, 3.05) is 26.2 Å².